The zero-order valence-corrected chi connectivity index (χ0v) is 21.4. The van der Waals surface area contributed by atoms with Gasteiger partial charge in [0.1, 0.15) is 0 Å². The lowest BCUT2D eigenvalue weighted by atomic mass is 9.97. The second-order valence-corrected chi connectivity index (χ2v) is 8.27. The van der Waals surface area contributed by atoms with Crippen molar-refractivity contribution in [1.82, 2.24) is 15.5 Å². The molecule has 3 rings (SSSR count). The molecule has 174 valence electrons. The standard InChI is InChI=1S/C25H35N5O.HI/c1-3-27-25(29-19(2)22-11-5-4-6-12-22)28-16-20-9-7-10-21(15-20)17-30-14-8-13-23(18-30)24(26)31;/h4-7,9-12,15,19,23H,3,8,13-14,16-18H2,1-2H3,(H2,26,31)(H2,27,28,29);1H. The molecule has 4 N–H and O–H groups in total. The number of hydrogen-bond donors (Lipinski definition) is 3. The van der Waals surface area contributed by atoms with Gasteiger partial charge in [0.2, 0.25) is 5.91 Å². The van der Waals surface area contributed by atoms with Crippen molar-refractivity contribution in [2.45, 2.75) is 45.8 Å². The topological polar surface area (TPSA) is 82.8 Å². The Hall–Kier alpha value is -2.13. The van der Waals surface area contributed by atoms with E-state index in [9.17, 15) is 4.79 Å². The van der Waals surface area contributed by atoms with Gasteiger partial charge in [-0.25, -0.2) is 4.99 Å². The summed E-state index contributed by atoms with van der Waals surface area (Å²) in [5.74, 6) is 0.604. The third-order valence-electron chi connectivity index (χ3n) is 5.72. The molecule has 0 spiro atoms. The predicted octanol–water partition coefficient (Wildman–Crippen LogP) is 3.82. The van der Waals surface area contributed by atoms with Gasteiger partial charge in [0.25, 0.3) is 0 Å². The Morgan fingerprint density at radius 3 is 2.66 bits per heavy atom. The molecule has 0 aromatic heterocycles. The Morgan fingerprint density at radius 1 is 1.19 bits per heavy atom. The van der Waals surface area contributed by atoms with Crippen molar-refractivity contribution in [2.75, 3.05) is 19.6 Å². The number of likely N-dealkylation sites (tertiary alicyclic amines) is 1. The van der Waals surface area contributed by atoms with Crippen LogP contribution in [-0.2, 0) is 17.9 Å². The van der Waals surface area contributed by atoms with Crippen molar-refractivity contribution < 1.29 is 4.79 Å². The molecule has 32 heavy (non-hydrogen) atoms. The first-order valence-electron chi connectivity index (χ1n) is 11.2. The first-order chi connectivity index (χ1) is 15.0. The molecule has 2 unspecified atom stereocenters. The summed E-state index contributed by atoms with van der Waals surface area (Å²) in [5, 5.41) is 6.82. The van der Waals surface area contributed by atoms with E-state index in [-0.39, 0.29) is 41.8 Å². The summed E-state index contributed by atoms with van der Waals surface area (Å²) in [6.45, 7) is 8.23. The smallest absolute Gasteiger partial charge is 0.221 e. The fourth-order valence-electron chi connectivity index (χ4n) is 4.04. The first kappa shape index (κ1) is 26.1. The van der Waals surface area contributed by atoms with Crippen molar-refractivity contribution in [3.8, 4) is 0 Å². The zero-order chi connectivity index (χ0) is 22.1. The number of carbonyl (C=O) groups excluding carboxylic acids is 1. The van der Waals surface area contributed by atoms with Crippen LogP contribution in [0.1, 0.15) is 49.4 Å². The average Bonchev–Trinajstić information content (AvgIpc) is 2.78. The minimum absolute atomic E-state index is 0. The molecule has 1 amide bonds. The van der Waals surface area contributed by atoms with Crippen LogP contribution in [0.15, 0.2) is 59.6 Å². The van der Waals surface area contributed by atoms with Gasteiger partial charge >= 0.3 is 0 Å². The Bertz CT molecular complexity index is 874. The van der Waals surface area contributed by atoms with Crippen molar-refractivity contribution >= 4 is 35.8 Å². The van der Waals surface area contributed by atoms with Gasteiger partial charge in [-0.3, -0.25) is 9.69 Å². The largest absolute Gasteiger partial charge is 0.369 e. The van der Waals surface area contributed by atoms with Crippen molar-refractivity contribution in [3.05, 3.63) is 71.3 Å². The Balaban J connectivity index is 0.00000363. The number of primary amides is 1. The lowest BCUT2D eigenvalue weighted by molar-refractivity contribution is -0.123. The third-order valence-corrected chi connectivity index (χ3v) is 5.72. The first-order valence-corrected chi connectivity index (χ1v) is 11.2. The fourth-order valence-corrected chi connectivity index (χ4v) is 4.04. The Morgan fingerprint density at radius 2 is 1.94 bits per heavy atom. The summed E-state index contributed by atoms with van der Waals surface area (Å²) in [6, 6.07) is 19.1. The number of nitrogens with one attached hydrogen (secondary N) is 2. The molecular weight excluding hydrogens is 513 g/mol. The molecule has 2 aromatic rings. The summed E-state index contributed by atoms with van der Waals surface area (Å²) in [4.78, 5) is 18.7. The van der Waals surface area contributed by atoms with Crippen molar-refractivity contribution in [1.29, 1.82) is 0 Å². The van der Waals surface area contributed by atoms with E-state index in [1.54, 1.807) is 0 Å². The van der Waals surface area contributed by atoms with E-state index in [1.165, 1.54) is 16.7 Å². The number of halogens is 1. The number of nitrogens with two attached hydrogens (primary N) is 1. The van der Waals surface area contributed by atoms with E-state index >= 15 is 0 Å². The minimum atomic E-state index is -0.180. The summed E-state index contributed by atoms with van der Waals surface area (Å²) in [6.07, 6.45) is 1.93. The summed E-state index contributed by atoms with van der Waals surface area (Å²) < 4.78 is 0. The molecule has 0 bridgehead atoms. The van der Waals surface area contributed by atoms with E-state index in [4.69, 9.17) is 10.7 Å². The molecule has 1 aliphatic rings. The van der Waals surface area contributed by atoms with Gasteiger partial charge in [0, 0.05) is 19.6 Å². The molecule has 0 saturated carbocycles. The highest BCUT2D eigenvalue weighted by molar-refractivity contribution is 14.0. The van der Waals surface area contributed by atoms with Crippen LogP contribution < -0.4 is 16.4 Å². The van der Waals surface area contributed by atoms with Crippen LogP contribution in [0, 0.1) is 5.92 Å². The molecule has 7 heteroatoms. The van der Waals surface area contributed by atoms with E-state index in [0.29, 0.717) is 6.54 Å². The Labute approximate surface area is 209 Å². The van der Waals surface area contributed by atoms with Crippen LogP contribution in [0.5, 0.6) is 0 Å². The molecule has 0 radical (unpaired) electrons. The summed E-state index contributed by atoms with van der Waals surface area (Å²) in [5.41, 5.74) is 9.16. The molecule has 2 atom stereocenters. The average molecular weight is 550 g/mol. The molecule has 1 heterocycles. The van der Waals surface area contributed by atoms with Gasteiger partial charge in [-0.1, -0.05) is 54.6 Å². The third kappa shape index (κ3) is 8.09. The van der Waals surface area contributed by atoms with Crippen LogP contribution in [0.25, 0.3) is 0 Å². The predicted molar refractivity (Wildman–Crippen MR) is 142 cm³/mol. The van der Waals surface area contributed by atoms with Crippen molar-refractivity contribution in [2.24, 2.45) is 16.6 Å². The molecule has 2 aromatic carbocycles. The van der Waals surface area contributed by atoms with Gasteiger partial charge in [-0.05, 0) is 49.9 Å². The van der Waals surface area contributed by atoms with E-state index in [1.807, 2.05) is 6.07 Å². The van der Waals surface area contributed by atoms with E-state index in [2.05, 4.69) is 77.9 Å². The highest BCUT2D eigenvalue weighted by Gasteiger charge is 2.23. The molecular formula is C25H36IN5O. The molecule has 0 aliphatic carbocycles. The van der Waals surface area contributed by atoms with Crippen LogP contribution in [0.4, 0.5) is 0 Å². The number of guanidine groups is 1. The number of piperidine rings is 1. The maximum Gasteiger partial charge on any atom is 0.221 e. The number of benzene rings is 2. The van der Waals surface area contributed by atoms with Gasteiger partial charge in [-0.15, -0.1) is 24.0 Å². The van der Waals surface area contributed by atoms with Crippen LogP contribution in [0.3, 0.4) is 0 Å². The maximum atomic E-state index is 11.5. The minimum Gasteiger partial charge on any atom is -0.369 e. The van der Waals surface area contributed by atoms with Crippen molar-refractivity contribution in [3.63, 3.8) is 0 Å². The van der Waals surface area contributed by atoms with Crippen LogP contribution in [-0.4, -0.2) is 36.4 Å². The van der Waals surface area contributed by atoms with Crippen LogP contribution in [0.2, 0.25) is 0 Å². The Kier molecular flexibility index (Phi) is 11.0. The summed E-state index contributed by atoms with van der Waals surface area (Å²) >= 11 is 0. The lowest BCUT2D eigenvalue weighted by Gasteiger charge is -2.31. The van der Waals surface area contributed by atoms with Gasteiger partial charge < -0.3 is 16.4 Å². The number of aliphatic imine (C=N–C) groups is 1. The van der Waals surface area contributed by atoms with Crippen LogP contribution >= 0.6 is 24.0 Å². The summed E-state index contributed by atoms with van der Waals surface area (Å²) in [7, 11) is 0. The monoisotopic (exact) mass is 549 g/mol. The zero-order valence-electron chi connectivity index (χ0n) is 19.1. The van der Waals surface area contributed by atoms with E-state index in [0.717, 1.165) is 45.0 Å². The molecule has 1 saturated heterocycles. The normalized spacial score (nSPS) is 17.8. The number of amides is 1. The van der Waals surface area contributed by atoms with E-state index < -0.39 is 0 Å². The number of carbonyl (C=O) groups is 1. The number of rotatable bonds is 8. The second kappa shape index (κ2) is 13.4. The number of hydrogen-bond acceptors (Lipinski definition) is 3. The number of nitrogens with zero attached hydrogens (tertiary/aromatic N) is 2. The molecule has 1 aliphatic heterocycles. The maximum absolute atomic E-state index is 11.5. The van der Waals surface area contributed by atoms with Gasteiger partial charge in [0.15, 0.2) is 5.96 Å². The molecule has 1 fully saturated rings. The highest BCUT2D eigenvalue weighted by atomic mass is 127. The fraction of sp³-hybridized carbons (Fsp3) is 0.440. The second-order valence-electron chi connectivity index (χ2n) is 8.27. The SMILES string of the molecule is CCNC(=NCc1cccc(CN2CCCC(C(N)=O)C2)c1)NC(C)c1ccccc1.I. The van der Waals surface area contributed by atoms with Gasteiger partial charge in [-0.2, -0.15) is 0 Å². The quantitative estimate of drug-likeness (QED) is 0.266. The van der Waals surface area contributed by atoms with Gasteiger partial charge in [0.05, 0.1) is 18.5 Å². The lowest BCUT2D eigenvalue weighted by Crippen LogP contribution is -2.40. The highest BCUT2D eigenvalue weighted by Crippen LogP contribution is 2.19. The molecule has 6 nitrogen and oxygen atoms in total.